The van der Waals surface area contributed by atoms with Gasteiger partial charge in [0, 0.05) is 12.5 Å². The largest absolute Gasteiger partial charge is 0.367 e. The number of nitrogens with zero attached hydrogens (tertiary/aromatic N) is 2. The predicted octanol–water partition coefficient (Wildman–Crippen LogP) is 3.92. The third kappa shape index (κ3) is 3.06. The van der Waals surface area contributed by atoms with Gasteiger partial charge in [0.05, 0.1) is 12.6 Å². The number of nitrogens with one attached hydrogen (secondary N) is 1. The van der Waals surface area contributed by atoms with Crippen molar-refractivity contribution in [2.75, 3.05) is 18.4 Å². The number of urea groups is 1. The molecular formula is C17H21N3O3S. The molecule has 1 N–H and O–H groups in total. The first kappa shape index (κ1) is 15.7. The molecule has 2 aromatic heterocycles. The number of carbonyl (C=O) groups excluding carboxylic acids is 1. The minimum absolute atomic E-state index is 0.000809. The molecule has 0 radical (unpaired) electrons. The van der Waals surface area contributed by atoms with Gasteiger partial charge < -0.3 is 19.5 Å². The Balaban J connectivity index is 1.48. The molecule has 0 unspecified atom stereocenters. The molecule has 3 heterocycles. The van der Waals surface area contributed by atoms with Crippen LogP contribution in [0.25, 0.3) is 0 Å². The minimum atomic E-state index is -0.112. The van der Waals surface area contributed by atoms with Crippen LogP contribution in [0.2, 0.25) is 0 Å². The molecule has 1 aliphatic carbocycles. The molecule has 2 aromatic rings. The minimum Gasteiger partial charge on any atom is -0.367 e. The zero-order chi connectivity index (χ0) is 16.7. The average Bonchev–Trinajstić information content (AvgIpc) is 3.12. The summed E-state index contributed by atoms with van der Waals surface area (Å²) < 4.78 is 11.4. The van der Waals surface area contributed by atoms with E-state index in [1.54, 1.807) is 11.3 Å². The summed E-state index contributed by atoms with van der Waals surface area (Å²) in [4.78, 5) is 14.6. The van der Waals surface area contributed by atoms with Gasteiger partial charge in [-0.3, -0.25) is 0 Å². The number of carbonyl (C=O) groups is 1. The SMILES string of the molecule is Cc1noc(C2CC2)c1NC(=O)N1C[C@@H](C)O[C@@H](c2ccsc2)C1. The first-order chi connectivity index (χ1) is 11.6. The third-order valence-electron chi connectivity index (χ3n) is 4.53. The first-order valence-corrected chi connectivity index (χ1v) is 9.25. The lowest BCUT2D eigenvalue weighted by Gasteiger charge is -2.36. The second-order valence-electron chi connectivity index (χ2n) is 6.61. The van der Waals surface area contributed by atoms with Gasteiger partial charge >= 0.3 is 6.03 Å². The Morgan fingerprint density at radius 1 is 1.42 bits per heavy atom. The molecule has 2 aliphatic rings. The monoisotopic (exact) mass is 347 g/mol. The van der Waals surface area contributed by atoms with Crippen LogP contribution in [0.15, 0.2) is 21.3 Å². The van der Waals surface area contributed by atoms with Crippen molar-refractivity contribution in [2.24, 2.45) is 0 Å². The van der Waals surface area contributed by atoms with Crippen LogP contribution >= 0.6 is 11.3 Å². The van der Waals surface area contributed by atoms with Crippen molar-refractivity contribution >= 4 is 23.1 Å². The predicted molar refractivity (Wildman–Crippen MR) is 91.4 cm³/mol. The number of thiophene rings is 1. The molecule has 0 spiro atoms. The van der Waals surface area contributed by atoms with Crippen molar-refractivity contribution in [3.63, 3.8) is 0 Å². The molecule has 24 heavy (non-hydrogen) atoms. The van der Waals surface area contributed by atoms with Crippen molar-refractivity contribution in [2.45, 2.75) is 44.8 Å². The number of amides is 2. The smallest absolute Gasteiger partial charge is 0.322 e. The van der Waals surface area contributed by atoms with Gasteiger partial charge in [0.25, 0.3) is 0 Å². The maximum absolute atomic E-state index is 12.8. The number of hydrogen-bond acceptors (Lipinski definition) is 5. The highest BCUT2D eigenvalue weighted by molar-refractivity contribution is 7.07. The van der Waals surface area contributed by atoms with E-state index in [4.69, 9.17) is 9.26 Å². The number of hydrogen-bond donors (Lipinski definition) is 1. The van der Waals surface area contributed by atoms with Crippen molar-refractivity contribution < 1.29 is 14.1 Å². The van der Waals surface area contributed by atoms with E-state index in [9.17, 15) is 4.79 Å². The van der Waals surface area contributed by atoms with Gasteiger partial charge in [-0.15, -0.1) is 0 Å². The van der Waals surface area contributed by atoms with Crippen LogP contribution in [-0.4, -0.2) is 35.3 Å². The zero-order valence-corrected chi connectivity index (χ0v) is 14.6. The molecule has 6 nitrogen and oxygen atoms in total. The fraction of sp³-hybridized carbons (Fsp3) is 0.529. The highest BCUT2D eigenvalue weighted by Gasteiger charge is 2.34. The molecule has 2 amide bonds. The maximum Gasteiger partial charge on any atom is 0.322 e. The lowest BCUT2D eigenvalue weighted by Crippen LogP contribution is -2.47. The van der Waals surface area contributed by atoms with E-state index < -0.39 is 0 Å². The van der Waals surface area contributed by atoms with Crippen LogP contribution < -0.4 is 5.32 Å². The second-order valence-corrected chi connectivity index (χ2v) is 7.39. The van der Waals surface area contributed by atoms with Gasteiger partial charge in [-0.25, -0.2) is 4.79 Å². The Hall–Kier alpha value is -1.86. The Kier molecular flexibility index (Phi) is 4.05. The Bertz CT molecular complexity index is 724. The number of anilines is 1. The van der Waals surface area contributed by atoms with Crippen LogP contribution in [0.3, 0.4) is 0 Å². The Morgan fingerprint density at radius 2 is 2.25 bits per heavy atom. The topological polar surface area (TPSA) is 67.6 Å². The third-order valence-corrected chi connectivity index (χ3v) is 5.23. The molecule has 1 aliphatic heterocycles. The maximum atomic E-state index is 12.8. The van der Waals surface area contributed by atoms with Gasteiger partial charge in [0.2, 0.25) is 0 Å². The summed E-state index contributed by atoms with van der Waals surface area (Å²) in [6.07, 6.45) is 2.14. The van der Waals surface area contributed by atoms with Crippen molar-refractivity contribution in [1.29, 1.82) is 0 Å². The quantitative estimate of drug-likeness (QED) is 0.914. The van der Waals surface area contributed by atoms with E-state index in [0.29, 0.717) is 19.0 Å². The van der Waals surface area contributed by atoms with Gasteiger partial charge in [-0.05, 0) is 49.1 Å². The number of morpholine rings is 1. The molecule has 7 heteroatoms. The van der Waals surface area contributed by atoms with Crippen LogP contribution in [0, 0.1) is 6.92 Å². The van der Waals surface area contributed by atoms with Crippen molar-refractivity contribution in [1.82, 2.24) is 10.1 Å². The average molecular weight is 347 g/mol. The fourth-order valence-corrected chi connectivity index (χ4v) is 3.81. The molecule has 2 atom stereocenters. The molecule has 1 saturated heterocycles. The van der Waals surface area contributed by atoms with Gasteiger partial charge in [0.15, 0.2) is 5.76 Å². The van der Waals surface area contributed by atoms with Gasteiger partial charge in [-0.1, -0.05) is 5.16 Å². The Morgan fingerprint density at radius 3 is 2.96 bits per heavy atom. The molecule has 4 rings (SSSR count). The summed E-state index contributed by atoms with van der Waals surface area (Å²) >= 11 is 1.64. The number of aryl methyl sites for hydroxylation is 1. The summed E-state index contributed by atoms with van der Waals surface area (Å²) in [6.45, 7) is 4.99. The van der Waals surface area contributed by atoms with Gasteiger partial charge in [0.1, 0.15) is 17.5 Å². The number of aromatic nitrogens is 1. The highest BCUT2D eigenvalue weighted by atomic mass is 32.1. The first-order valence-electron chi connectivity index (χ1n) is 8.31. The number of ether oxygens (including phenoxy) is 1. The summed E-state index contributed by atoms with van der Waals surface area (Å²) in [5, 5.41) is 11.1. The van der Waals surface area contributed by atoms with Crippen molar-refractivity contribution in [3.05, 3.63) is 33.8 Å². The fourth-order valence-electron chi connectivity index (χ4n) is 3.11. The molecule has 0 aromatic carbocycles. The van der Waals surface area contributed by atoms with E-state index in [0.717, 1.165) is 35.5 Å². The highest BCUT2D eigenvalue weighted by Crippen LogP contribution is 2.44. The van der Waals surface area contributed by atoms with Crippen molar-refractivity contribution in [3.8, 4) is 0 Å². The van der Waals surface area contributed by atoms with Crippen LogP contribution in [0.4, 0.5) is 10.5 Å². The Labute approximate surface area is 144 Å². The van der Waals surface area contributed by atoms with E-state index in [1.165, 1.54) is 0 Å². The standard InChI is InChI=1S/C17H21N3O3S/c1-10-7-20(8-14(22-10)13-5-6-24-9-13)17(21)18-15-11(2)19-23-16(15)12-3-4-12/h5-6,9-10,12,14H,3-4,7-8H2,1-2H3,(H,18,21)/t10-,14-/m1/s1. The lowest BCUT2D eigenvalue weighted by molar-refractivity contribution is -0.0640. The van der Waals surface area contributed by atoms with Crippen LogP contribution in [-0.2, 0) is 4.74 Å². The molecule has 0 bridgehead atoms. The van der Waals surface area contributed by atoms with Crippen LogP contribution in [0.1, 0.15) is 48.8 Å². The molecule has 1 saturated carbocycles. The summed E-state index contributed by atoms with van der Waals surface area (Å²) in [7, 11) is 0. The van der Waals surface area contributed by atoms with Crippen LogP contribution in [0.5, 0.6) is 0 Å². The molecular weight excluding hydrogens is 326 g/mol. The molecule has 2 fully saturated rings. The van der Waals surface area contributed by atoms with E-state index in [1.807, 2.05) is 24.1 Å². The van der Waals surface area contributed by atoms with E-state index in [-0.39, 0.29) is 18.2 Å². The zero-order valence-electron chi connectivity index (χ0n) is 13.8. The summed E-state index contributed by atoms with van der Waals surface area (Å²) in [5.74, 6) is 1.22. The summed E-state index contributed by atoms with van der Waals surface area (Å²) in [6, 6.07) is 1.94. The number of rotatable bonds is 3. The van der Waals surface area contributed by atoms with E-state index in [2.05, 4.69) is 21.9 Å². The van der Waals surface area contributed by atoms with E-state index >= 15 is 0 Å². The molecule has 128 valence electrons. The second kappa shape index (κ2) is 6.22. The summed E-state index contributed by atoms with van der Waals surface area (Å²) in [5.41, 5.74) is 2.61. The van der Waals surface area contributed by atoms with Gasteiger partial charge in [-0.2, -0.15) is 11.3 Å². The lowest BCUT2D eigenvalue weighted by atomic mass is 10.1. The normalized spacial score (nSPS) is 24.2.